The molecule has 8 bridgehead atoms. The van der Waals surface area contributed by atoms with Crippen molar-refractivity contribution in [3.8, 4) is 0 Å². The van der Waals surface area contributed by atoms with Crippen LogP contribution < -0.4 is 21.3 Å². The summed E-state index contributed by atoms with van der Waals surface area (Å²) in [6.45, 7) is 1.72. The van der Waals surface area contributed by atoms with E-state index in [1.165, 1.54) is 25.7 Å². The normalized spacial score (nSPS) is 26.1. The Labute approximate surface area is 327 Å². The molecule has 6 atom stereocenters. The Hall–Kier alpha value is -5.57. The fraction of sp³-hybridized carbons (Fsp3) is 0.383. The van der Waals surface area contributed by atoms with Crippen LogP contribution in [0.4, 0.5) is 0 Å². The van der Waals surface area contributed by atoms with Gasteiger partial charge in [0.1, 0.15) is 11.4 Å². The van der Waals surface area contributed by atoms with Gasteiger partial charge < -0.3 is 21.3 Å². The van der Waals surface area contributed by atoms with Crippen molar-refractivity contribution in [3.05, 3.63) is 125 Å². The highest BCUT2D eigenvalue weighted by molar-refractivity contribution is 6.07. The summed E-state index contributed by atoms with van der Waals surface area (Å²) in [5, 5.41) is 16.7. The second-order valence-electron chi connectivity index (χ2n) is 16.4. The Morgan fingerprint density at radius 3 is 1.25 bits per heavy atom. The maximum absolute atomic E-state index is 13.8. The van der Waals surface area contributed by atoms with Crippen molar-refractivity contribution in [2.24, 2.45) is 35.5 Å². The lowest BCUT2D eigenvalue weighted by Crippen LogP contribution is -2.54. The molecule has 9 nitrogen and oxygen atoms in total. The van der Waals surface area contributed by atoms with E-state index in [1.54, 1.807) is 42.5 Å². The van der Waals surface area contributed by atoms with Gasteiger partial charge in [0, 0.05) is 37.3 Å². The third-order valence-electron chi connectivity index (χ3n) is 13.6. The van der Waals surface area contributed by atoms with E-state index in [2.05, 4.69) is 26.3 Å². The van der Waals surface area contributed by atoms with Gasteiger partial charge in [-0.15, -0.1) is 0 Å². The molecular formula is C47H49N5O4. The number of rotatable bonds is 0. The number of benzene rings is 4. The Kier molecular flexibility index (Phi) is 10.0. The van der Waals surface area contributed by atoms with Crippen molar-refractivity contribution in [2.45, 2.75) is 64.5 Å². The Balaban J connectivity index is 1.08. The smallest absolute Gasteiger partial charge is 0.270 e. The number of aromatic nitrogens is 1. The fourth-order valence-electron chi connectivity index (χ4n) is 11.1. The van der Waals surface area contributed by atoms with E-state index in [-0.39, 0.29) is 48.1 Å². The fourth-order valence-corrected chi connectivity index (χ4v) is 11.1. The van der Waals surface area contributed by atoms with Crippen molar-refractivity contribution in [1.29, 1.82) is 0 Å². The van der Waals surface area contributed by atoms with Crippen molar-refractivity contribution in [3.63, 3.8) is 0 Å². The van der Waals surface area contributed by atoms with Gasteiger partial charge in [-0.2, -0.15) is 0 Å². The number of pyridine rings is 1. The first-order chi connectivity index (χ1) is 27.4. The first kappa shape index (κ1) is 36.1. The lowest BCUT2D eigenvalue weighted by molar-refractivity contribution is -0.0585. The van der Waals surface area contributed by atoms with Crippen LogP contribution in [-0.4, -0.2) is 41.7 Å². The zero-order chi connectivity index (χ0) is 38.2. The number of amides is 4. The molecule has 4 amide bonds. The summed E-state index contributed by atoms with van der Waals surface area (Å²) < 4.78 is 0. The van der Waals surface area contributed by atoms with Crippen molar-refractivity contribution in [1.82, 2.24) is 26.3 Å². The van der Waals surface area contributed by atoms with Crippen LogP contribution in [0.25, 0.3) is 21.5 Å². The molecule has 286 valence electrons. The van der Waals surface area contributed by atoms with Crippen LogP contribution in [0.3, 0.4) is 0 Å². The van der Waals surface area contributed by atoms with Gasteiger partial charge in [-0.25, -0.2) is 4.98 Å². The third kappa shape index (κ3) is 6.82. The van der Waals surface area contributed by atoms with Gasteiger partial charge >= 0.3 is 0 Å². The average Bonchev–Trinajstić information content (AvgIpc) is 3.25. The zero-order valence-corrected chi connectivity index (χ0v) is 31.7. The van der Waals surface area contributed by atoms with Crippen LogP contribution in [0, 0.1) is 35.5 Å². The molecule has 9 heteroatoms. The quantitative estimate of drug-likeness (QED) is 0.122. The third-order valence-corrected chi connectivity index (χ3v) is 13.6. The van der Waals surface area contributed by atoms with Crippen LogP contribution >= 0.6 is 0 Å². The molecule has 2 heterocycles. The number of fused-ring (bicyclic) bond motifs is 10. The number of hydrogen-bond acceptors (Lipinski definition) is 5. The van der Waals surface area contributed by atoms with Crippen LogP contribution in [0.2, 0.25) is 0 Å². The molecule has 1 aliphatic heterocycles. The number of hydrogen-bond donors (Lipinski definition) is 4. The summed E-state index contributed by atoms with van der Waals surface area (Å²) in [6.07, 6.45) is 9.30. The second-order valence-corrected chi connectivity index (χ2v) is 16.4. The van der Waals surface area contributed by atoms with Gasteiger partial charge in [-0.05, 0) is 124 Å². The zero-order valence-electron chi connectivity index (χ0n) is 31.7. The molecule has 0 spiro atoms. The molecule has 9 rings (SSSR count). The molecule has 0 radical (unpaired) electrons. The minimum atomic E-state index is -0.353. The minimum Gasteiger partial charge on any atom is -0.352 e. The standard InChI is InChI=1S/C47H49N5O4/c53-44-28-11-9-12-29(23-28)45(54)49-25-39-32-15-3-7-19-36(32)41(37-20-8-4-16-33(37)39)27-51-47(56)43-22-10-21-42(52-43)46(55)50-26-40-34-17-5-1-13-30(34)38(24-48-44)31-14-2-6-18-35(31)40/h1-2,5-6,9-14,17-18,21-23,32-33,36-37,39,41H,3-4,7-8,15-16,19-20,24-27H2,(H,48,53)(H,49,54)(H,50,55)(H,51,56)/t32-,33?,36+,37?,39?,41?/m0/s1. The van der Waals surface area contributed by atoms with E-state index in [0.29, 0.717) is 59.7 Å². The molecule has 4 unspecified atom stereocenters. The van der Waals surface area contributed by atoms with Gasteiger partial charge in [0.15, 0.2) is 0 Å². The summed E-state index contributed by atoms with van der Waals surface area (Å²) in [6, 6.07) is 28.1. The number of nitrogens with one attached hydrogen (secondary N) is 4. The summed E-state index contributed by atoms with van der Waals surface area (Å²) >= 11 is 0. The monoisotopic (exact) mass is 747 g/mol. The lowest BCUT2D eigenvalue weighted by atomic mass is 9.50. The maximum Gasteiger partial charge on any atom is 0.270 e. The van der Waals surface area contributed by atoms with E-state index in [4.69, 9.17) is 0 Å². The number of nitrogens with zero attached hydrogens (tertiary/aromatic N) is 1. The Morgan fingerprint density at radius 1 is 0.411 bits per heavy atom. The summed E-state index contributed by atoms with van der Waals surface area (Å²) in [4.78, 5) is 59.6. The molecule has 3 fully saturated rings. The van der Waals surface area contributed by atoms with E-state index >= 15 is 0 Å². The molecule has 0 saturated heterocycles. The van der Waals surface area contributed by atoms with Crippen molar-refractivity contribution < 1.29 is 19.2 Å². The molecule has 4 N–H and O–H groups in total. The maximum atomic E-state index is 13.8. The molecule has 56 heavy (non-hydrogen) atoms. The van der Waals surface area contributed by atoms with Crippen LogP contribution in [-0.2, 0) is 13.1 Å². The molecular weight excluding hydrogens is 699 g/mol. The van der Waals surface area contributed by atoms with E-state index < -0.39 is 0 Å². The first-order valence-corrected chi connectivity index (χ1v) is 20.6. The molecule has 1 aromatic heterocycles. The van der Waals surface area contributed by atoms with Gasteiger partial charge in [0.05, 0.1) is 0 Å². The topological polar surface area (TPSA) is 129 Å². The second kappa shape index (κ2) is 15.5. The van der Waals surface area contributed by atoms with Crippen molar-refractivity contribution in [2.75, 3.05) is 13.1 Å². The SMILES string of the molecule is O=C1NCc2c3ccccc3c(c3ccccc23)CNC(=O)c2cccc(n2)C(=O)NCC2C3CCCCC3C(CNC(=O)c3cccc1c3)[C@H]1CCCC[C@@H]21. The summed E-state index contributed by atoms with van der Waals surface area (Å²) in [5.41, 5.74) is 3.26. The van der Waals surface area contributed by atoms with Gasteiger partial charge in [0.25, 0.3) is 23.6 Å². The highest BCUT2D eigenvalue weighted by Crippen LogP contribution is 2.55. The largest absolute Gasteiger partial charge is 0.352 e. The average molecular weight is 748 g/mol. The Morgan fingerprint density at radius 2 is 0.786 bits per heavy atom. The predicted octanol–water partition coefficient (Wildman–Crippen LogP) is 7.58. The van der Waals surface area contributed by atoms with Crippen LogP contribution in [0.5, 0.6) is 0 Å². The number of carbonyl (C=O) groups is 4. The van der Waals surface area contributed by atoms with Gasteiger partial charge in [0.2, 0.25) is 0 Å². The Bertz CT molecular complexity index is 2100. The predicted molar refractivity (Wildman–Crippen MR) is 217 cm³/mol. The van der Waals surface area contributed by atoms with E-state index in [0.717, 1.165) is 58.4 Å². The highest BCUT2D eigenvalue weighted by Gasteiger charge is 2.51. The summed E-state index contributed by atoms with van der Waals surface area (Å²) in [5.74, 6) is 1.64. The first-order valence-electron chi connectivity index (χ1n) is 20.6. The molecule has 4 aromatic carbocycles. The van der Waals surface area contributed by atoms with Crippen LogP contribution in [0.15, 0.2) is 91.0 Å². The van der Waals surface area contributed by atoms with Gasteiger partial charge in [-0.1, -0.05) is 86.3 Å². The lowest BCUT2D eigenvalue weighted by Gasteiger charge is -2.56. The highest BCUT2D eigenvalue weighted by atomic mass is 16.2. The molecule has 3 aliphatic carbocycles. The molecule has 4 aliphatic rings. The summed E-state index contributed by atoms with van der Waals surface area (Å²) in [7, 11) is 0. The van der Waals surface area contributed by atoms with E-state index in [9.17, 15) is 19.2 Å². The molecule has 3 saturated carbocycles. The van der Waals surface area contributed by atoms with Crippen LogP contribution in [0.1, 0.15) is 104 Å². The minimum absolute atomic E-state index is 0.149. The van der Waals surface area contributed by atoms with Gasteiger partial charge in [-0.3, -0.25) is 19.2 Å². The number of carbonyl (C=O) groups excluding carboxylic acids is 4. The molecule has 5 aromatic rings. The van der Waals surface area contributed by atoms with Crippen molar-refractivity contribution >= 4 is 45.2 Å². The van der Waals surface area contributed by atoms with E-state index in [1.807, 2.05) is 48.5 Å².